The van der Waals surface area contributed by atoms with Crippen molar-refractivity contribution in [3.05, 3.63) is 35.9 Å². The van der Waals surface area contributed by atoms with Gasteiger partial charge in [-0.3, -0.25) is 9.69 Å². The molecule has 1 saturated heterocycles. The Labute approximate surface area is 116 Å². The Morgan fingerprint density at radius 2 is 2.00 bits per heavy atom. The van der Waals surface area contributed by atoms with E-state index < -0.39 is 0 Å². The third-order valence-electron chi connectivity index (χ3n) is 4.34. The summed E-state index contributed by atoms with van der Waals surface area (Å²) in [6.45, 7) is 7.75. The van der Waals surface area contributed by atoms with Crippen LogP contribution in [-0.2, 0) is 0 Å². The Balaban J connectivity index is 2.14. The van der Waals surface area contributed by atoms with Gasteiger partial charge in [-0.2, -0.15) is 0 Å². The fourth-order valence-electron chi connectivity index (χ4n) is 3.25. The quantitative estimate of drug-likeness (QED) is 0.767. The molecule has 19 heavy (non-hydrogen) atoms. The minimum absolute atomic E-state index is 0.0462. The minimum atomic E-state index is 0.0462. The smallest absolute Gasteiger partial charge is 0.179 e. The van der Waals surface area contributed by atoms with Crippen LogP contribution in [0, 0.1) is 5.92 Å². The van der Waals surface area contributed by atoms with Gasteiger partial charge < -0.3 is 0 Å². The molecule has 0 aromatic heterocycles. The van der Waals surface area contributed by atoms with Gasteiger partial charge in [0.25, 0.3) is 0 Å². The highest BCUT2D eigenvalue weighted by Gasteiger charge is 2.32. The zero-order valence-electron chi connectivity index (χ0n) is 12.3. The molecule has 0 radical (unpaired) electrons. The van der Waals surface area contributed by atoms with E-state index in [-0.39, 0.29) is 11.8 Å². The molecule has 3 unspecified atom stereocenters. The number of hydrogen-bond acceptors (Lipinski definition) is 2. The summed E-state index contributed by atoms with van der Waals surface area (Å²) >= 11 is 0. The predicted molar refractivity (Wildman–Crippen MR) is 79.4 cm³/mol. The number of Topliss-reactive ketones (excluding diaryl/α,β-unsaturated/α-hetero) is 1. The average Bonchev–Trinajstić information content (AvgIpc) is 2.42. The van der Waals surface area contributed by atoms with Crippen molar-refractivity contribution < 1.29 is 4.79 Å². The number of carbonyl (C=O) groups is 1. The van der Waals surface area contributed by atoms with Crippen LogP contribution in [0.3, 0.4) is 0 Å². The van der Waals surface area contributed by atoms with E-state index in [1.165, 1.54) is 12.8 Å². The van der Waals surface area contributed by atoms with Gasteiger partial charge >= 0.3 is 0 Å². The molecule has 1 aliphatic rings. The van der Waals surface area contributed by atoms with E-state index in [0.717, 1.165) is 24.4 Å². The van der Waals surface area contributed by atoms with Crippen LogP contribution in [-0.4, -0.2) is 29.3 Å². The molecule has 1 aromatic carbocycles. The maximum Gasteiger partial charge on any atom is 0.179 e. The van der Waals surface area contributed by atoms with E-state index in [2.05, 4.69) is 25.7 Å². The largest absolute Gasteiger partial charge is 0.292 e. The Kier molecular flexibility index (Phi) is 4.76. The summed E-state index contributed by atoms with van der Waals surface area (Å²) in [6.07, 6.45) is 3.31. The van der Waals surface area contributed by atoms with Gasteiger partial charge in [-0.15, -0.1) is 0 Å². The Morgan fingerprint density at radius 1 is 1.32 bits per heavy atom. The molecule has 2 heteroatoms. The summed E-state index contributed by atoms with van der Waals surface area (Å²) in [5.41, 5.74) is 0.847. The van der Waals surface area contributed by atoms with E-state index >= 15 is 0 Å². The third-order valence-corrected chi connectivity index (χ3v) is 4.34. The molecule has 104 valence electrons. The van der Waals surface area contributed by atoms with Gasteiger partial charge in [0.1, 0.15) is 0 Å². The van der Waals surface area contributed by atoms with Crippen LogP contribution in [0.5, 0.6) is 0 Å². The second kappa shape index (κ2) is 6.33. The van der Waals surface area contributed by atoms with E-state index in [0.29, 0.717) is 6.04 Å². The van der Waals surface area contributed by atoms with Gasteiger partial charge in [0.05, 0.1) is 6.04 Å². The van der Waals surface area contributed by atoms with Crippen molar-refractivity contribution >= 4 is 5.78 Å². The molecule has 1 aliphatic heterocycles. The first-order valence-corrected chi connectivity index (χ1v) is 7.48. The van der Waals surface area contributed by atoms with Gasteiger partial charge in [-0.05, 0) is 38.6 Å². The third kappa shape index (κ3) is 3.24. The number of piperidine rings is 1. The lowest BCUT2D eigenvalue weighted by Crippen LogP contribution is -2.49. The lowest BCUT2D eigenvalue weighted by Gasteiger charge is -2.40. The van der Waals surface area contributed by atoms with E-state index in [1.54, 1.807) is 0 Å². The highest BCUT2D eigenvalue weighted by molar-refractivity contribution is 6.00. The number of carbonyl (C=O) groups excluding carboxylic acids is 1. The molecule has 1 heterocycles. The van der Waals surface area contributed by atoms with Crippen molar-refractivity contribution in [2.45, 2.75) is 52.1 Å². The van der Waals surface area contributed by atoms with Crippen LogP contribution in [0.15, 0.2) is 30.3 Å². The number of ketones is 1. The lowest BCUT2D eigenvalue weighted by atomic mass is 9.90. The molecule has 2 nitrogen and oxygen atoms in total. The van der Waals surface area contributed by atoms with Crippen LogP contribution in [0.2, 0.25) is 0 Å². The first kappa shape index (κ1) is 14.3. The maximum atomic E-state index is 12.7. The molecule has 1 aromatic rings. The van der Waals surface area contributed by atoms with Crippen molar-refractivity contribution in [2.24, 2.45) is 5.92 Å². The van der Waals surface area contributed by atoms with Crippen molar-refractivity contribution in [2.75, 3.05) is 6.54 Å². The van der Waals surface area contributed by atoms with E-state index in [4.69, 9.17) is 0 Å². The minimum Gasteiger partial charge on any atom is -0.292 e. The number of nitrogens with zero attached hydrogens (tertiary/aromatic N) is 1. The molecule has 1 fully saturated rings. The van der Waals surface area contributed by atoms with Gasteiger partial charge in [0.2, 0.25) is 0 Å². The van der Waals surface area contributed by atoms with Gasteiger partial charge in [-0.1, -0.05) is 44.2 Å². The van der Waals surface area contributed by atoms with Crippen LogP contribution >= 0.6 is 0 Å². The van der Waals surface area contributed by atoms with Crippen molar-refractivity contribution in [3.63, 3.8) is 0 Å². The average molecular weight is 259 g/mol. The van der Waals surface area contributed by atoms with Gasteiger partial charge in [0, 0.05) is 11.6 Å². The van der Waals surface area contributed by atoms with Gasteiger partial charge in [0.15, 0.2) is 5.78 Å². The van der Waals surface area contributed by atoms with Gasteiger partial charge in [-0.25, -0.2) is 0 Å². The monoisotopic (exact) mass is 259 g/mol. The molecule has 0 bridgehead atoms. The highest BCUT2D eigenvalue weighted by atomic mass is 16.1. The molecular weight excluding hydrogens is 234 g/mol. The second-order valence-corrected chi connectivity index (χ2v) is 5.87. The summed E-state index contributed by atoms with van der Waals surface area (Å²) in [6, 6.07) is 10.3. The molecule has 0 amide bonds. The molecule has 0 aliphatic carbocycles. The first-order chi connectivity index (χ1) is 9.13. The Morgan fingerprint density at radius 3 is 2.58 bits per heavy atom. The summed E-state index contributed by atoms with van der Waals surface area (Å²) in [5, 5.41) is 0. The van der Waals surface area contributed by atoms with Crippen LogP contribution < -0.4 is 0 Å². The molecule has 0 saturated carbocycles. The number of hydrogen-bond donors (Lipinski definition) is 0. The predicted octanol–water partition coefficient (Wildman–Crippen LogP) is 3.77. The fourth-order valence-corrected chi connectivity index (χ4v) is 3.25. The number of likely N-dealkylation sites (tertiary alicyclic amines) is 1. The van der Waals surface area contributed by atoms with Crippen LogP contribution in [0.1, 0.15) is 50.4 Å². The number of rotatable bonds is 4. The molecule has 0 spiro atoms. The summed E-state index contributed by atoms with van der Waals surface area (Å²) < 4.78 is 0. The normalized spacial score (nSPS) is 26.1. The zero-order valence-corrected chi connectivity index (χ0v) is 12.3. The lowest BCUT2D eigenvalue weighted by molar-refractivity contribution is 0.0575. The molecule has 3 atom stereocenters. The van der Waals surface area contributed by atoms with Crippen LogP contribution in [0.4, 0.5) is 0 Å². The standard InChI is InChI=1S/C17H25NO/c1-4-16(17(19)15-8-6-5-7-9-15)18-11-10-13(2)12-14(18)3/h5-9,13-14,16H,4,10-12H2,1-3H3. The molecular formula is C17H25NO. The SMILES string of the molecule is CCC(C(=O)c1ccccc1)N1CCC(C)CC1C. The van der Waals surface area contributed by atoms with Crippen molar-refractivity contribution in [1.82, 2.24) is 4.90 Å². The highest BCUT2D eigenvalue weighted by Crippen LogP contribution is 2.26. The second-order valence-electron chi connectivity index (χ2n) is 5.87. The maximum absolute atomic E-state index is 12.7. The zero-order chi connectivity index (χ0) is 13.8. The fraction of sp³-hybridized carbons (Fsp3) is 0.588. The van der Waals surface area contributed by atoms with Crippen LogP contribution in [0.25, 0.3) is 0 Å². The summed E-state index contributed by atoms with van der Waals surface area (Å²) in [4.78, 5) is 15.1. The van der Waals surface area contributed by atoms with Crippen molar-refractivity contribution in [1.29, 1.82) is 0 Å². The summed E-state index contributed by atoms with van der Waals surface area (Å²) in [5.74, 6) is 1.07. The molecule has 0 N–H and O–H groups in total. The van der Waals surface area contributed by atoms with E-state index in [9.17, 15) is 4.79 Å². The Hall–Kier alpha value is -1.15. The van der Waals surface area contributed by atoms with E-state index in [1.807, 2.05) is 30.3 Å². The topological polar surface area (TPSA) is 20.3 Å². The molecule has 2 rings (SSSR count). The first-order valence-electron chi connectivity index (χ1n) is 7.48. The van der Waals surface area contributed by atoms with Crippen molar-refractivity contribution in [3.8, 4) is 0 Å². The number of benzene rings is 1. The summed E-state index contributed by atoms with van der Waals surface area (Å²) in [7, 11) is 0. The Bertz CT molecular complexity index is 415.